The van der Waals surface area contributed by atoms with E-state index in [-0.39, 0.29) is 0 Å². The Morgan fingerprint density at radius 1 is 0.867 bits per heavy atom. The molecule has 0 fully saturated rings. The minimum absolute atomic E-state index is 0.559. The molecule has 6 heteroatoms. The van der Waals surface area contributed by atoms with Crippen molar-refractivity contribution in [2.75, 3.05) is 36.7 Å². The van der Waals surface area contributed by atoms with Gasteiger partial charge in [0.2, 0.25) is 5.95 Å². The molecule has 0 aliphatic rings. The third-order valence-corrected chi connectivity index (χ3v) is 4.86. The molecule has 6 nitrogen and oxygen atoms in total. The summed E-state index contributed by atoms with van der Waals surface area (Å²) >= 11 is 0. The number of para-hydroxylation sites is 1. The Labute approximate surface area is 176 Å². The molecule has 30 heavy (non-hydrogen) atoms. The summed E-state index contributed by atoms with van der Waals surface area (Å²) in [6.45, 7) is 0.655. The molecule has 0 saturated heterocycles. The van der Waals surface area contributed by atoms with E-state index in [9.17, 15) is 0 Å². The highest BCUT2D eigenvalue weighted by Crippen LogP contribution is 2.25. The van der Waals surface area contributed by atoms with Crippen LogP contribution in [0, 0.1) is 0 Å². The third-order valence-electron chi connectivity index (χ3n) is 4.86. The van der Waals surface area contributed by atoms with Gasteiger partial charge in [0.1, 0.15) is 11.6 Å². The Morgan fingerprint density at radius 3 is 2.30 bits per heavy atom. The van der Waals surface area contributed by atoms with Crippen LogP contribution in [-0.4, -0.2) is 31.2 Å². The second-order valence-corrected chi connectivity index (χ2v) is 7.18. The zero-order valence-electron chi connectivity index (χ0n) is 17.4. The van der Waals surface area contributed by atoms with Crippen molar-refractivity contribution in [2.45, 2.75) is 6.54 Å². The lowest BCUT2D eigenvalue weighted by Gasteiger charge is -2.14. The molecule has 0 radical (unpaired) electrons. The Kier molecular flexibility index (Phi) is 5.66. The van der Waals surface area contributed by atoms with Crippen molar-refractivity contribution < 1.29 is 4.74 Å². The summed E-state index contributed by atoms with van der Waals surface area (Å²) in [5, 5.41) is 7.76. The quantitative estimate of drug-likeness (QED) is 0.453. The number of methoxy groups -OCH3 is 1. The average Bonchev–Trinajstić information content (AvgIpc) is 2.78. The van der Waals surface area contributed by atoms with Crippen molar-refractivity contribution in [2.24, 2.45) is 0 Å². The van der Waals surface area contributed by atoms with Crippen LogP contribution in [0.25, 0.3) is 10.9 Å². The van der Waals surface area contributed by atoms with Crippen LogP contribution in [-0.2, 0) is 6.54 Å². The number of fused-ring (bicyclic) bond motifs is 1. The molecule has 0 saturated carbocycles. The lowest BCUT2D eigenvalue weighted by Crippen LogP contribution is -2.08. The Balaban J connectivity index is 1.58. The number of anilines is 4. The SMILES string of the molecule is COc1ccc(CNc2nc(Nc3ccc(N(C)C)cc3)nc3ccccc23)cc1. The van der Waals surface area contributed by atoms with Gasteiger partial charge in [0, 0.05) is 37.4 Å². The van der Waals surface area contributed by atoms with Crippen LogP contribution in [0.3, 0.4) is 0 Å². The molecule has 0 unspecified atom stereocenters. The van der Waals surface area contributed by atoms with Gasteiger partial charge in [-0.15, -0.1) is 0 Å². The van der Waals surface area contributed by atoms with Crippen molar-refractivity contribution in [3.63, 3.8) is 0 Å². The summed E-state index contributed by atoms with van der Waals surface area (Å²) in [6, 6.07) is 24.2. The highest BCUT2D eigenvalue weighted by molar-refractivity contribution is 5.90. The molecular weight excluding hydrogens is 374 g/mol. The van der Waals surface area contributed by atoms with Crippen LogP contribution < -0.4 is 20.3 Å². The molecule has 0 atom stereocenters. The van der Waals surface area contributed by atoms with Gasteiger partial charge in [0.25, 0.3) is 0 Å². The highest BCUT2D eigenvalue weighted by atomic mass is 16.5. The van der Waals surface area contributed by atoms with E-state index in [1.165, 1.54) is 0 Å². The maximum Gasteiger partial charge on any atom is 0.229 e. The molecule has 3 aromatic carbocycles. The Hall–Kier alpha value is -3.80. The summed E-state index contributed by atoms with van der Waals surface area (Å²) in [4.78, 5) is 11.5. The number of aromatic nitrogens is 2. The fourth-order valence-corrected chi connectivity index (χ4v) is 3.17. The van der Waals surface area contributed by atoms with E-state index in [1.54, 1.807) is 7.11 Å². The van der Waals surface area contributed by atoms with E-state index in [1.807, 2.05) is 74.8 Å². The number of rotatable bonds is 7. The normalized spacial score (nSPS) is 10.6. The van der Waals surface area contributed by atoms with Gasteiger partial charge < -0.3 is 20.3 Å². The van der Waals surface area contributed by atoms with Gasteiger partial charge in [0.05, 0.1) is 12.6 Å². The van der Waals surface area contributed by atoms with Crippen molar-refractivity contribution in [1.29, 1.82) is 0 Å². The smallest absolute Gasteiger partial charge is 0.229 e. The van der Waals surface area contributed by atoms with Gasteiger partial charge >= 0.3 is 0 Å². The van der Waals surface area contributed by atoms with Gasteiger partial charge in [-0.25, -0.2) is 4.98 Å². The van der Waals surface area contributed by atoms with Crippen molar-refractivity contribution in [3.05, 3.63) is 78.4 Å². The molecule has 0 spiro atoms. The number of ether oxygens (including phenoxy) is 1. The molecule has 0 bridgehead atoms. The van der Waals surface area contributed by atoms with E-state index in [2.05, 4.69) is 32.7 Å². The molecule has 1 aromatic heterocycles. The van der Waals surface area contributed by atoms with E-state index in [0.717, 1.165) is 39.4 Å². The number of nitrogens with one attached hydrogen (secondary N) is 2. The highest BCUT2D eigenvalue weighted by Gasteiger charge is 2.08. The van der Waals surface area contributed by atoms with Crippen LogP contribution >= 0.6 is 0 Å². The first kappa shape index (κ1) is 19.5. The van der Waals surface area contributed by atoms with E-state index >= 15 is 0 Å². The molecule has 0 aliphatic heterocycles. The largest absolute Gasteiger partial charge is 0.497 e. The van der Waals surface area contributed by atoms with Crippen LogP contribution in [0.2, 0.25) is 0 Å². The second kappa shape index (κ2) is 8.69. The minimum Gasteiger partial charge on any atom is -0.497 e. The predicted octanol–water partition coefficient (Wildman–Crippen LogP) is 5.06. The molecule has 0 amide bonds. The predicted molar refractivity (Wildman–Crippen MR) is 124 cm³/mol. The maximum absolute atomic E-state index is 5.23. The third kappa shape index (κ3) is 4.43. The fraction of sp³-hybridized carbons (Fsp3) is 0.167. The average molecular weight is 399 g/mol. The Morgan fingerprint density at radius 2 is 1.60 bits per heavy atom. The fourth-order valence-electron chi connectivity index (χ4n) is 3.17. The topological polar surface area (TPSA) is 62.3 Å². The number of benzene rings is 3. The van der Waals surface area contributed by atoms with Gasteiger partial charge in [-0.1, -0.05) is 24.3 Å². The number of hydrogen-bond acceptors (Lipinski definition) is 6. The molecule has 4 rings (SSSR count). The van der Waals surface area contributed by atoms with Crippen LogP contribution in [0.15, 0.2) is 72.8 Å². The van der Waals surface area contributed by atoms with Crippen molar-refractivity contribution in [3.8, 4) is 5.75 Å². The first-order chi connectivity index (χ1) is 14.6. The summed E-state index contributed by atoms with van der Waals surface area (Å²) < 4.78 is 5.23. The summed E-state index contributed by atoms with van der Waals surface area (Å²) in [5.41, 5.74) is 4.11. The molecule has 4 aromatic rings. The first-order valence-corrected chi connectivity index (χ1v) is 9.80. The number of nitrogens with zero attached hydrogens (tertiary/aromatic N) is 3. The van der Waals surface area contributed by atoms with Crippen LogP contribution in [0.4, 0.5) is 23.1 Å². The van der Waals surface area contributed by atoms with Gasteiger partial charge in [-0.3, -0.25) is 0 Å². The summed E-state index contributed by atoms with van der Waals surface area (Å²) in [7, 11) is 5.72. The van der Waals surface area contributed by atoms with Gasteiger partial charge in [-0.2, -0.15) is 4.98 Å². The first-order valence-electron chi connectivity index (χ1n) is 9.80. The van der Waals surface area contributed by atoms with E-state index in [4.69, 9.17) is 9.72 Å². The lowest BCUT2D eigenvalue weighted by molar-refractivity contribution is 0.414. The Bertz CT molecular complexity index is 1120. The second-order valence-electron chi connectivity index (χ2n) is 7.18. The number of hydrogen-bond donors (Lipinski definition) is 2. The zero-order chi connectivity index (χ0) is 20.9. The minimum atomic E-state index is 0.559. The van der Waals surface area contributed by atoms with Crippen LogP contribution in [0.1, 0.15) is 5.56 Å². The summed E-state index contributed by atoms with van der Waals surface area (Å²) in [6.07, 6.45) is 0. The zero-order valence-corrected chi connectivity index (χ0v) is 17.4. The molecule has 2 N–H and O–H groups in total. The van der Waals surface area contributed by atoms with Gasteiger partial charge in [-0.05, 0) is 54.1 Å². The molecule has 0 aliphatic carbocycles. The van der Waals surface area contributed by atoms with Crippen LogP contribution in [0.5, 0.6) is 5.75 Å². The van der Waals surface area contributed by atoms with E-state index in [0.29, 0.717) is 12.5 Å². The maximum atomic E-state index is 5.23. The van der Waals surface area contributed by atoms with Crippen molar-refractivity contribution in [1.82, 2.24) is 9.97 Å². The van der Waals surface area contributed by atoms with Crippen molar-refractivity contribution >= 4 is 34.0 Å². The summed E-state index contributed by atoms with van der Waals surface area (Å²) in [5.74, 6) is 2.20. The van der Waals surface area contributed by atoms with Gasteiger partial charge in [0.15, 0.2) is 0 Å². The lowest BCUT2D eigenvalue weighted by atomic mass is 10.2. The standard InChI is InChI=1S/C24H25N5O/c1-29(2)19-12-10-18(11-13-19)26-24-27-22-7-5-4-6-21(22)23(28-24)25-16-17-8-14-20(30-3)15-9-17/h4-15H,16H2,1-3H3,(H2,25,26,27,28). The molecule has 1 heterocycles. The molecular formula is C24H25N5O. The monoisotopic (exact) mass is 399 g/mol. The van der Waals surface area contributed by atoms with E-state index < -0.39 is 0 Å². The molecule has 152 valence electrons.